The topological polar surface area (TPSA) is 57.0 Å². The van der Waals surface area contributed by atoms with Gasteiger partial charge in [0.2, 0.25) is 0 Å². The first kappa shape index (κ1) is 19.6. The summed E-state index contributed by atoms with van der Waals surface area (Å²) in [7, 11) is 0. The van der Waals surface area contributed by atoms with E-state index in [1.807, 2.05) is 25.1 Å². The van der Waals surface area contributed by atoms with Crippen LogP contribution in [0, 0.1) is 12.7 Å². The van der Waals surface area contributed by atoms with E-state index in [2.05, 4.69) is 10.3 Å². The van der Waals surface area contributed by atoms with Crippen molar-refractivity contribution in [1.82, 2.24) is 14.9 Å². The molecule has 0 spiro atoms. The summed E-state index contributed by atoms with van der Waals surface area (Å²) in [5.41, 5.74) is 3.15. The molecule has 0 amide bonds. The Morgan fingerprint density at radius 2 is 1.84 bits per heavy atom. The first-order valence-corrected chi connectivity index (χ1v) is 10.1. The van der Waals surface area contributed by atoms with Gasteiger partial charge in [0.1, 0.15) is 17.3 Å². The predicted molar refractivity (Wildman–Crippen MR) is 117 cm³/mol. The smallest absolute Gasteiger partial charge is 0.181 e. The Kier molecular flexibility index (Phi) is 4.88. The van der Waals surface area contributed by atoms with Gasteiger partial charge in [-0.2, -0.15) is 5.10 Å². The predicted octanol–water partition coefficient (Wildman–Crippen LogP) is 7.21. The Balaban J connectivity index is 1.73. The van der Waals surface area contributed by atoms with Gasteiger partial charge in [0.25, 0.3) is 0 Å². The molecule has 0 fully saturated rings. The summed E-state index contributed by atoms with van der Waals surface area (Å²) < 4.78 is 27.8. The zero-order valence-electron chi connectivity index (χ0n) is 16.1. The third kappa shape index (κ3) is 3.34. The quantitative estimate of drug-likeness (QED) is 0.288. The highest BCUT2D eigenvalue weighted by Gasteiger charge is 2.28. The lowest BCUT2D eigenvalue weighted by Gasteiger charge is -2.06. The fourth-order valence-corrected chi connectivity index (χ4v) is 3.96. The molecule has 3 heterocycles. The number of aromatic nitrogens is 3. The third-order valence-electron chi connectivity index (χ3n) is 4.97. The van der Waals surface area contributed by atoms with Crippen LogP contribution in [0.4, 0.5) is 4.39 Å². The molecular formula is C23H14Cl2FN3O2. The van der Waals surface area contributed by atoms with Gasteiger partial charge in [-0.3, -0.25) is 0 Å². The molecule has 31 heavy (non-hydrogen) atoms. The Hall–Kier alpha value is -3.35. The van der Waals surface area contributed by atoms with Crippen LogP contribution >= 0.6 is 23.2 Å². The van der Waals surface area contributed by atoms with E-state index in [0.717, 1.165) is 11.4 Å². The van der Waals surface area contributed by atoms with E-state index in [0.29, 0.717) is 27.7 Å². The van der Waals surface area contributed by atoms with Crippen molar-refractivity contribution in [2.24, 2.45) is 0 Å². The summed E-state index contributed by atoms with van der Waals surface area (Å²) in [5, 5.41) is 9.46. The van der Waals surface area contributed by atoms with Crippen LogP contribution in [0.3, 0.4) is 0 Å². The van der Waals surface area contributed by atoms with Crippen LogP contribution in [-0.2, 0) is 0 Å². The van der Waals surface area contributed by atoms with Gasteiger partial charge in [0, 0.05) is 5.02 Å². The molecule has 0 aliphatic rings. The molecule has 0 bridgehead atoms. The van der Waals surface area contributed by atoms with Gasteiger partial charge in [-0.25, -0.2) is 9.07 Å². The zero-order chi connectivity index (χ0) is 21.5. The normalized spacial score (nSPS) is 11.2. The minimum atomic E-state index is -0.508. The van der Waals surface area contributed by atoms with Crippen LogP contribution in [0.5, 0.6) is 0 Å². The minimum Gasteiger partial charge on any atom is -0.464 e. The van der Waals surface area contributed by atoms with E-state index in [4.69, 9.17) is 32.1 Å². The van der Waals surface area contributed by atoms with Gasteiger partial charge in [-0.15, -0.1) is 0 Å². The summed E-state index contributed by atoms with van der Waals surface area (Å²) in [4.78, 5) is 0. The summed E-state index contributed by atoms with van der Waals surface area (Å²) in [6.45, 7) is 1.90. The second-order valence-corrected chi connectivity index (χ2v) is 7.69. The second-order valence-electron chi connectivity index (χ2n) is 6.84. The van der Waals surface area contributed by atoms with Crippen LogP contribution in [-0.4, -0.2) is 14.9 Å². The molecule has 0 aliphatic heterocycles. The largest absolute Gasteiger partial charge is 0.464 e. The summed E-state index contributed by atoms with van der Waals surface area (Å²) >= 11 is 12.4. The monoisotopic (exact) mass is 453 g/mol. The van der Waals surface area contributed by atoms with E-state index in [1.54, 1.807) is 35.1 Å². The maximum absolute atomic E-state index is 14.7. The SMILES string of the molecule is Cc1c(-c2onc(-c3c(F)cccc3Cl)c2-c2ccco2)cnn1-c1cccc(Cl)c1. The molecule has 0 N–H and O–H groups in total. The highest BCUT2D eigenvalue weighted by atomic mass is 35.5. The van der Waals surface area contributed by atoms with Crippen molar-refractivity contribution in [3.05, 3.63) is 88.6 Å². The van der Waals surface area contributed by atoms with Crippen LogP contribution in [0.15, 0.2) is 76.0 Å². The molecule has 0 atom stereocenters. The molecule has 0 radical (unpaired) electrons. The molecule has 3 aromatic heterocycles. The molecular weight excluding hydrogens is 440 g/mol. The van der Waals surface area contributed by atoms with Crippen LogP contribution in [0.25, 0.3) is 39.6 Å². The molecule has 154 valence electrons. The molecule has 5 nitrogen and oxygen atoms in total. The van der Waals surface area contributed by atoms with Crippen LogP contribution < -0.4 is 0 Å². The van der Waals surface area contributed by atoms with Gasteiger partial charge in [-0.1, -0.05) is 40.5 Å². The maximum atomic E-state index is 14.7. The average Bonchev–Trinajstić information content (AvgIpc) is 3.47. The zero-order valence-corrected chi connectivity index (χ0v) is 17.7. The lowest BCUT2D eigenvalue weighted by molar-refractivity contribution is 0.434. The summed E-state index contributed by atoms with van der Waals surface area (Å²) in [6.07, 6.45) is 3.19. The highest BCUT2D eigenvalue weighted by molar-refractivity contribution is 6.33. The number of halogens is 3. The van der Waals surface area contributed by atoms with Crippen molar-refractivity contribution in [1.29, 1.82) is 0 Å². The molecule has 0 unspecified atom stereocenters. The Morgan fingerprint density at radius 1 is 1.00 bits per heavy atom. The first-order chi connectivity index (χ1) is 15.0. The van der Waals surface area contributed by atoms with E-state index in [-0.39, 0.29) is 16.3 Å². The minimum absolute atomic E-state index is 0.144. The molecule has 0 saturated heterocycles. The standard InChI is InChI=1S/C23H14Cl2FN3O2/c1-13-16(12-27-29(13)15-6-2-5-14(24)11-15)23-21(19-9-4-10-30-19)22(28-31-23)20-17(25)7-3-8-18(20)26/h2-12H,1H3. The first-order valence-electron chi connectivity index (χ1n) is 9.33. The number of furan rings is 1. The number of hydrogen-bond acceptors (Lipinski definition) is 4. The second kappa shape index (κ2) is 7.72. The molecule has 0 saturated carbocycles. The van der Waals surface area contributed by atoms with Crippen molar-refractivity contribution in [3.63, 3.8) is 0 Å². The van der Waals surface area contributed by atoms with Crippen LogP contribution in [0.1, 0.15) is 5.69 Å². The van der Waals surface area contributed by atoms with E-state index in [1.165, 1.54) is 18.4 Å². The average molecular weight is 454 g/mol. The van der Waals surface area contributed by atoms with Gasteiger partial charge < -0.3 is 8.94 Å². The van der Waals surface area contributed by atoms with Gasteiger partial charge >= 0.3 is 0 Å². The third-order valence-corrected chi connectivity index (χ3v) is 5.52. The fourth-order valence-electron chi connectivity index (χ4n) is 3.52. The van der Waals surface area contributed by atoms with Crippen molar-refractivity contribution < 1.29 is 13.3 Å². The Morgan fingerprint density at radius 3 is 2.58 bits per heavy atom. The van der Waals surface area contributed by atoms with Crippen molar-refractivity contribution in [2.45, 2.75) is 6.92 Å². The molecule has 8 heteroatoms. The molecule has 5 rings (SSSR count). The van der Waals surface area contributed by atoms with Crippen molar-refractivity contribution >= 4 is 23.2 Å². The number of benzene rings is 2. The van der Waals surface area contributed by atoms with Crippen LogP contribution in [0.2, 0.25) is 10.0 Å². The van der Waals surface area contributed by atoms with E-state index >= 15 is 0 Å². The highest BCUT2D eigenvalue weighted by Crippen LogP contribution is 2.43. The van der Waals surface area contributed by atoms with Gasteiger partial charge in [0.15, 0.2) is 5.76 Å². The summed E-state index contributed by atoms with van der Waals surface area (Å²) in [6, 6.07) is 15.3. The lowest BCUT2D eigenvalue weighted by atomic mass is 10.0. The number of hydrogen-bond donors (Lipinski definition) is 0. The lowest BCUT2D eigenvalue weighted by Crippen LogP contribution is -1.98. The van der Waals surface area contributed by atoms with Gasteiger partial charge in [-0.05, 0) is 49.4 Å². The molecule has 5 aromatic rings. The molecule has 2 aromatic carbocycles. The molecule has 0 aliphatic carbocycles. The number of rotatable bonds is 4. The van der Waals surface area contributed by atoms with Gasteiger partial charge in [0.05, 0.1) is 45.6 Å². The number of nitrogens with zero attached hydrogens (tertiary/aromatic N) is 3. The van der Waals surface area contributed by atoms with E-state index in [9.17, 15) is 4.39 Å². The van der Waals surface area contributed by atoms with Crippen molar-refractivity contribution in [2.75, 3.05) is 0 Å². The van der Waals surface area contributed by atoms with Crippen molar-refractivity contribution in [3.8, 4) is 39.6 Å². The Bertz CT molecular complexity index is 1370. The Labute approximate surface area is 186 Å². The maximum Gasteiger partial charge on any atom is 0.181 e. The van der Waals surface area contributed by atoms with E-state index < -0.39 is 5.82 Å². The summed E-state index contributed by atoms with van der Waals surface area (Å²) in [5.74, 6) is 0.363. The fraction of sp³-hybridized carbons (Fsp3) is 0.0435.